The Kier molecular flexibility index (Phi) is 4.98. The number of aryl methyl sites for hydroxylation is 2. The number of furan rings is 1. The monoisotopic (exact) mass is 373 g/mol. The van der Waals surface area contributed by atoms with Gasteiger partial charge in [-0.05, 0) is 50.5 Å². The average molecular weight is 373 g/mol. The van der Waals surface area contributed by atoms with Crippen LogP contribution in [-0.4, -0.2) is 11.6 Å². The number of carbonyl (C=O) groups is 1. The molecule has 4 rings (SSSR count). The molecule has 5 nitrogen and oxygen atoms in total. The van der Waals surface area contributed by atoms with Crippen LogP contribution in [0.25, 0.3) is 0 Å². The Bertz CT molecular complexity index is 1040. The van der Waals surface area contributed by atoms with Crippen molar-refractivity contribution in [1.29, 1.82) is 0 Å². The molecule has 0 radical (unpaired) electrons. The number of para-hydroxylation sites is 2. The van der Waals surface area contributed by atoms with Gasteiger partial charge in [-0.1, -0.05) is 36.4 Å². The second-order valence-corrected chi connectivity index (χ2v) is 7.01. The molecule has 2 aromatic carbocycles. The summed E-state index contributed by atoms with van der Waals surface area (Å²) in [5.41, 5.74) is 8.59. The van der Waals surface area contributed by atoms with Crippen LogP contribution in [0.3, 0.4) is 0 Å². The zero-order valence-corrected chi connectivity index (χ0v) is 16.1. The van der Waals surface area contributed by atoms with Crippen LogP contribution in [0.4, 0.5) is 11.4 Å². The number of carbonyl (C=O) groups excluding carboxylic acids is 1. The summed E-state index contributed by atoms with van der Waals surface area (Å²) in [6.45, 7) is 3.90. The van der Waals surface area contributed by atoms with Crippen molar-refractivity contribution in [2.45, 2.75) is 33.1 Å². The second-order valence-electron chi connectivity index (χ2n) is 7.01. The number of nitrogens with one attached hydrogen (secondary N) is 2. The number of benzene rings is 2. The summed E-state index contributed by atoms with van der Waals surface area (Å²) in [6, 6.07) is 17.5. The van der Waals surface area contributed by atoms with Gasteiger partial charge in [-0.2, -0.15) is 5.10 Å². The van der Waals surface area contributed by atoms with E-state index in [0.29, 0.717) is 5.76 Å². The van der Waals surface area contributed by atoms with Crippen LogP contribution in [0, 0.1) is 13.8 Å². The molecule has 1 amide bonds. The van der Waals surface area contributed by atoms with Crippen LogP contribution in [0.5, 0.6) is 0 Å². The Labute approximate surface area is 164 Å². The Morgan fingerprint density at radius 2 is 1.75 bits per heavy atom. The fourth-order valence-electron chi connectivity index (χ4n) is 3.53. The molecule has 142 valence electrons. The predicted molar refractivity (Wildman–Crippen MR) is 112 cm³/mol. The van der Waals surface area contributed by atoms with E-state index < -0.39 is 0 Å². The highest BCUT2D eigenvalue weighted by molar-refractivity contribution is 6.09. The molecule has 1 aliphatic rings. The van der Waals surface area contributed by atoms with E-state index in [0.717, 1.165) is 58.8 Å². The molecule has 5 heteroatoms. The molecular formula is C23H23N3O2. The summed E-state index contributed by atoms with van der Waals surface area (Å²) in [5, 5.41) is 7.56. The molecule has 3 aromatic rings. The second kappa shape index (κ2) is 7.72. The minimum absolute atomic E-state index is 0.225. The number of hydrogen-bond acceptors (Lipinski definition) is 4. The molecule has 1 aromatic heterocycles. The van der Waals surface area contributed by atoms with E-state index in [1.807, 2.05) is 68.4 Å². The van der Waals surface area contributed by atoms with E-state index in [1.54, 1.807) is 0 Å². The molecular weight excluding hydrogens is 350 g/mol. The first-order valence-corrected chi connectivity index (χ1v) is 9.50. The maximum absolute atomic E-state index is 12.8. The number of amides is 1. The first kappa shape index (κ1) is 18.0. The normalized spacial score (nSPS) is 14.6. The van der Waals surface area contributed by atoms with Gasteiger partial charge in [0.25, 0.3) is 5.91 Å². The van der Waals surface area contributed by atoms with Crippen LogP contribution < -0.4 is 10.7 Å². The lowest BCUT2D eigenvalue weighted by Crippen LogP contribution is -2.14. The number of hydrogen-bond donors (Lipinski definition) is 2. The van der Waals surface area contributed by atoms with E-state index in [2.05, 4.69) is 15.8 Å². The molecule has 0 spiro atoms. The van der Waals surface area contributed by atoms with Crippen molar-refractivity contribution < 1.29 is 9.21 Å². The predicted octanol–water partition coefficient (Wildman–Crippen LogP) is 5.30. The minimum atomic E-state index is -0.225. The van der Waals surface area contributed by atoms with E-state index in [4.69, 9.17) is 4.42 Å². The van der Waals surface area contributed by atoms with Gasteiger partial charge in [0.1, 0.15) is 5.76 Å². The topological polar surface area (TPSA) is 66.6 Å². The summed E-state index contributed by atoms with van der Waals surface area (Å²) < 4.78 is 5.97. The van der Waals surface area contributed by atoms with E-state index in [-0.39, 0.29) is 5.91 Å². The largest absolute Gasteiger partial charge is 0.455 e. The number of rotatable bonds is 4. The molecule has 0 fully saturated rings. The van der Waals surface area contributed by atoms with E-state index >= 15 is 0 Å². The molecule has 1 aliphatic carbocycles. The highest BCUT2D eigenvalue weighted by Gasteiger charge is 2.28. The highest BCUT2D eigenvalue weighted by Crippen LogP contribution is 2.30. The quantitative estimate of drug-likeness (QED) is 0.610. The number of fused-ring (bicyclic) bond motifs is 1. The standard InChI is InChI=1S/C23H23N3O2/c1-15-9-6-7-12-18(15)24-23(27)22-16(2)21-19(13-8-14-20(21)28-22)26-25-17-10-4-3-5-11-17/h3-7,9-12,25H,8,13-14H2,1-2H3,(H,24,27)/b26-19+. The van der Waals surface area contributed by atoms with Crippen molar-refractivity contribution in [1.82, 2.24) is 0 Å². The summed E-state index contributed by atoms with van der Waals surface area (Å²) in [7, 11) is 0. The van der Waals surface area contributed by atoms with Gasteiger partial charge in [0.2, 0.25) is 0 Å². The van der Waals surface area contributed by atoms with Gasteiger partial charge in [-0.25, -0.2) is 0 Å². The molecule has 0 saturated carbocycles. The molecule has 0 aliphatic heterocycles. The van der Waals surface area contributed by atoms with Crippen molar-refractivity contribution in [3.05, 3.63) is 82.8 Å². The zero-order chi connectivity index (χ0) is 19.5. The molecule has 2 N–H and O–H groups in total. The SMILES string of the molecule is Cc1ccccc1NC(=O)c1oc2c(c1C)/C(=N/Nc1ccccc1)CCC2. The van der Waals surface area contributed by atoms with Crippen molar-refractivity contribution in [2.75, 3.05) is 10.7 Å². The molecule has 0 atom stereocenters. The lowest BCUT2D eigenvalue weighted by molar-refractivity contribution is 0.0994. The van der Waals surface area contributed by atoms with Crippen molar-refractivity contribution in [3.63, 3.8) is 0 Å². The van der Waals surface area contributed by atoms with Gasteiger partial charge in [0.15, 0.2) is 5.76 Å². The van der Waals surface area contributed by atoms with E-state index in [1.165, 1.54) is 0 Å². The number of hydrazone groups is 1. The Balaban J connectivity index is 1.61. The lowest BCUT2D eigenvalue weighted by Gasteiger charge is -2.13. The molecule has 0 unspecified atom stereocenters. The number of nitrogens with zero attached hydrogens (tertiary/aromatic N) is 1. The molecule has 1 heterocycles. The first-order valence-electron chi connectivity index (χ1n) is 9.50. The van der Waals surface area contributed by atoms with Crippen LogP contribution in [0.2, 0.25) is 0 Å². The highest BCUT2D eigenvalue weighted by atomic mass is 16.4. The van der Waals surface area contributed by atoms with Crippen LogP contribution in [0.15, 0.2) is 64.1 Å². The molecule has 0 saturated heterocycles. The summed E-state index contributed by atoms with van der Waals surface area (Å²) in [6.07, 6.45) is 2.62. The van der Waals surface area contributed by atoms with Gasteiger partial charge in [-0.3, -0.25) is 10.2 Å². The van der Waals surface area contributed by atoms with Gasteiger partial charge in [-0.15, -0.1) is 0 Å². The third-order valence-electron chi connectivity index (χ3n) is 5.02. The van der Waals surface area contributed by atoms with Crippen LogP contribution in [-0.2, 0) is 6.42 Å². The maximum Gasteiger partial charge on any atom is 0.291 e. The van der Waals surface area contributed by atoms with Crippen LogP contribution in [0.1, 0.15) is 45.8 Å². The van der Waals surface area contributed by atoms with Gasteiger partial charge < -0.3 is 9.73 Å². The van der Waals surface area contributed by atoms with Crippen molar-refractivity contribution in [2.24, 2.45) is 5.10 Å². The third kappa shape index (κ3) is 3.56. The Hall–Kier alpha value is -3.34. The van der Waals surface area contributed by atoms with Gasteiger partial charge >= 0.3 is 0 Å². The average Bonchev–Trinajstić information content (AvgIpc) is 3.06. The zero-order valence-electron chi connectivity index (χ0n) is 16.1. The van der Waals surface area contributed by atoms with Crippen molar-refractivity contribution >= 4 is 23.0 Å². The van der Waals surface area contributed by atoms with Crippen LogP contribution >= 0.6 is 0 Å². The summed E-state index contributed by atoms with van der Waals surface area (Å²) >= 11 is 0. The first-order chi connectivity index (χ1) is 13.6. The number of anilines is 2. The van der Waals surface area contributed by atoms with Gasteiger partial charge in [0.05, 0.1) is 11.4 Å². The fraction of sp³-hybridized carbons (Fsp3) is 0.217. The molecule has 28 heavy (non-hydrogen) atoms. The van der Waals surface area contributed by atoms with Crippen molar-refractivity contribution in [3.8, 4) is 0 Å². The van der Waals surface area contributed by atoms with E-state index in [9.17, 15) is 4.79 Å². The lowest BCUT2D eigenvalue weighted by atomic mass is 9.93. The third-order valence-corrected chi connectivity index (χ3v) is 5.02. The summed E-state index contributed by atoms with van der Waals surface area (Å²) in [4.78, 5) is 12.8. The minimum Gasteiger partial charge on any atom is -0.455 e. The summed E-state index contributed by atoms with van der Waals surface area (Å²) in [5.74, 6) is 0.978. The smallest absolute Gasteiger partial charge is 0.291 e. The Morgan fingerprint density at radius 1 is 1.00 bits per heavy atom. The Morgan fingerprint density at radius 3 is 2.54 bits per heavy atom. The molecule has 0 bridgehead atoms. The van der Waals surface area contributed by atoms with Gasteiger partial charge in [0, 0.05) is 23.2 Å². The fourth-order valence-corrected chi connectivity index (χ4v) is 3.53. The maximum atomic E-state index is 12.8.